The SMILES string of the molecule is Cc1[nH]nc2cccc(C3(N=C=O)CCCC3)c12. The van der Waals surface area contributed by atoms with Crippen molar-refractivity contribution in [1.29, 1.82) is 0 Å². The molecule has 0 saturated heterocycles. The summed E-state index contributed by atoms with van der Waals surface area (Å²) in [5, 5.41) is 8.40. The van der Waals surface area contributed by atoms with E-state index >= 15 is 0 Å². The van der Waals surface area contributed by atoms with E-state index in [-0.39, 0.29) is 5.54 Å². The average Bonchev–Trinajstić information content (AvgIpc) is 2.98. The molecule has 1 heterocycles. The van der Waals surface area contributed by atoms with Gasteiger partial charge >= 0.3 is 0 Å². The number of aromatic amines is 1. The third-order valence-electron chi connectivity index (χ3n) is 3.95. The second-order valence-electron chi connectivity index (χ2n) is 4.99. The molecule has 18 heavy (non-hydrogen) atoms. The summed E-state index contributed by atoms with van der Waals surface area (Å²) < 4.78 is 0. The predicted molar refractivity (Wildman–Crippen MR) is 69.1 cm³/mol. The Balaban J connectivity index is 2.29. The standard InChI is InChI=1S/C14H15N3O/c1-10-13-11(5-4-6-12(13)17-16-10)14(15-9-18)7-2-3-8-14/h4-6H,2-3,7-8H2,1H3,(H,16,17). The average molecular weight is 241 g/mol. The van der Waals surface area contributed by atoms with Crippen LogP contribution in [-0.2, 0) is 10.3 Å². The number of carbonyl (C=O) groups excluding carboxylic acids is 1. The largest absolute Gasteiger partial charge is 0.282 e. The van der Waals surface area contributed by atoms with Crippen molar-refractivity contribution in [3.63, 3.8) is 0 Å². The highest BCUT2D eigenvalue weighted by Gasteiger charge is 2.37. The maximum absolute atomic E-state index is 10.8. The second-order valence-corrected chi connectivity index (χ2v) is 4.99. The van der Waals surface area contributed by atoms with E-state index in [1.807, 2.05) is 19.1 Å². The zero-order valence-corrected chi connectivity index (χ0v) is 10.4. The number of isocyanates is 1. The molecule has 1 aromatic heterocycles. The first-order valence-corrected chi connectivity index (χ1v) is 6.30. The van der Waals surface area contributed by atoms with Crippen LogP contribution in [0.25, 0.3) is 10.9 Å². The fraction of sp³-hybridized carbons (Fsp3) is 0.429. The van der Waals surface area contributed by atoms with E-state index in [1.165, 1.54) is 0 Å². The van der Waals surface area contributed by atoms with E-state index in [4.69, 9.17) is 0 Å². The maximum Gasteiger partial charge on any atom is 0.235 e. The molecule has 3 rings (SSSR count). The monoisotopic (exact) mass is 241 g/mol. The maximum atomic E-state index is 10.8. The molecular weight excluding hydrogens is 226 g/mol. The molecule has 0 unspecified atom stereocenters. The van der Waals surface area contributed by atoms with Crippen molar-refractivity contribution in [3.8, 4) is 0 Å². The number of hydrogen-bond donors (Lipinski definition) is 1. The van der Waals surface area contributed by atoms with Gasteiger partial charge in [-0.2, -0.15) is 10.1 Å². The van der Waals surface area contributed by atoms with E-state index in [1.54, 1.807) is 6.08 Å². The van der Waals surface area contributed by atoms with Crippen LogP contribution in [0.3, 0.4) is 0 Å². The van der Waals surface area contributed by atoms with Crippen LogP contribution >= 0.6 is 0 Å². The molecule has 0 spiro atoms. The Labute approximate surface area is 105 Å². The van der Waals surface area contributed by atoms with Crippen LogP contribution in [0.4, 0.5) is 0 Å². The van der Waals surface area contributed by atoms with Gasteiger partial charge in [0.05, 0.1) is 11.1 Å². The molecule has 0 radical (unpaired) electrons. The van der Waals surface area contributed by atoms with E-state index in [0.717, 1.165) is 47.8 Å². The number of nitrogens with one attached hydrogen (secondary N) is 1. The molecule has 0 bridgehead atoms. The number of hydrogen-bond acceptors (Lipinski definition) is 3. The van der Waals surface area contributed by atoms with Crippen LogP contribution in [0, 0.1) is 6.92 Å². The van der Waals surface area contributed by atoms with E-state index in [9.17, 15) is 4.79 Å². The lowest BCUT2D eigenvalue weighted by atomic mass is 9.86. The minimum Gasteiger partial charge on any atom is -0.282 e. The normalized spacial score (nSPS) is 17.8. The van der Waals surface area contributed by atoms with Crippen LogP contribution in [-0.4, -0.2) is 16.3 Å². The number of nitrogens with zero attached hydrogens (tertiary/aromatic N) is 2. The van der Waals surface area contributed by atoms with Gasteiger partial charge in [-0.1, -0.05) is 25.0 Å². The van der Waals surface area contributed by atoms with Gasteiger partial charge in [-0.15, -0.1) is 0 Å². The van der Waals surface area contributed by atoms with Crippen molar-refractivity contribution >= 4 is 17.0 Å². The summed E-state index contributed by atoms with van der Waals surface area (Å²) in [5.74, 6) is 0. The third kappa shape index (κ3) is 1.50. The first-order chi connectivity index (χ1) is 8.77. The summed E-state index contributed by atoms with van der Waals surface area (Å²) >= 11 is 0. The lowest BCUT2D eigenvalue weighted by Gasteiger charge is -2.23. The van der Waals surface area contributed by atoms with Crippen LogP contribution in [0.1, 0.15) is 36.9 Å². The Morgan fingerprint density at radius 3 is 2.89 bits per heavy atom. The zero-order chi connectivity index (χ0) is 12.6. The van der Waals surface area contributed by atoms with Gasteiger partial charge in [0.15, 0.2) is 0 Å². The first-order valence-electron chi connectivity index (χ1n) is 6.30. The van der Waals surface area contributed by atoms with Crippen molar-refractivity contribution in [2.24, 2.45) is 4.99 Å². The van der Waals surface area contributed by atoms with Crippen LogP contribution in [0.5, 0.6) is 0 Å². The quantitative estimate of drug-likeness (QED) is 0.649. The summed E-state index contributed by atoms with van der Waals surface area (Å²) in [6, 6.07) is 6.03. The van der Waals surface area contributed by atoms with Gasteiger partial charge < -0.3 is 0 Å². The van der Waals surface area contributed by atoms with Crippen molar-refractivity contribution in [3.05, 3.63) is 29.5 Å². The molecule has 4 nitrogen and oxygen atoms in total. The van der Waals surface area contributed by atoms with Gasteiger partial charge in [0.1, 0.15) is 0 Å². The zero-order valence-electron chi connectivity index (χ0n) is 10.4. The molecule has 0 atom stereocenters. The molecule has 2 aromatic rings. The number of fused-ring (bicyclic) bond motifs is 1. The van der Waals surface area contributed by atoms with E-state index < -0.39 is 0 Å². The lowest BCUT2D eigenvalue weighted by Crippen LogP contribution is -2.19. The van der Waals surface area contributed by atoms with Crippen molar-refractivity contribution in [1.82, 2.24) is 10.2 Å². The smallest absolute Gasteiger partial charge is 0.235 e. The summed E-state index contributed by atoms with van der Waals surface area (Å²) in [4.78, 5) is 14.9. The van der Waals surface area contributed by atoms with Gasteiger partial charge in [0.2, 0.25) is 6.08 Å². The van der Waals surface area contributed by atoms with Crippen molar-refractivity contribution in [2.75, 3.05) is 0 Å². The number of aromatic nitrogens is 2. The van der Waals surface area contributed by atoms with Gasteiger partial charge in [-0.25, -0.2) is 4.79 Å². The third-order valence-corrected chi connectivity index (χ3v) is 3.95. The van der Waals surface area contributed by atoms with Crippen LogP contribution in [0.15, 0.2) is 23.2 Å². The molecule has 0 amide bonds. The highest BCUT2D eigenvalue weighted by atomic mass is 16.1. The number of benzene rings is 1. The fourth-order valence-electron chi connectivity index (χ4n) is 3.10. The fourth-order valence-corrected chi connectivity index (χ4v) is 3.10. The van der Waals surface area contributed by atoms with Crippen molar-refractivity contribution in [2.45, 2.75) is 38.1 Å². The van der Waals surface area contributed by atoms with Crippen LogP contribution < -0.4 is 0 Å². The number of rotatable bonds is 2. The number of aliphatic imine (C=N–C) groups is 1. The summed E-state index contributed by atoms with van der Waals surface area (Å²) in [7, 11) is 0. The highest BCUT2D eigenvalue weighted by molar-refractivity contribution is 5.86. The molecule has 1 aliphatic carbocycles. The molecule has 0 aliphatic heterocycles. The minimum atomic E-state index is -0.379. The number of H-pyrrole nitrogens is 1. The van der Waals surface area contributed by atoms with E-state index in [2.05, 4.69) is 21.3 Å². The Morgan fingerprint density at radius 1 is 1.39 bits per heavy atom. The van der Waals surface area contributed by atoms with E-state index in [0.29, 0.717) is 0 Å². The van der Waals surface area contributed by atoms with Gasteiger partial charge in [0, 0.05) is 11.1 Å². The molecular formula is C14H15N3O. The summed E-state index contributed by atoms with van der Waals surface area (Å²) in [6.07, 6.45) is 5.83. The molecule has 4 heteroatoms. The Bertz CT molecular complexity index is 632. The van der Waals surface area contributed by atoms with Gasteiger partial charge in [-0.3, -0.25) is 5.10 Å². The Morgan fingerprint density at radius 2 is 2.17 bits per heavy atom. The van der Waals surface area contributed by atoms with Crippen LogP contribution in [0.2, 0.25) is 0 Å². The van der Waals surface area contributed by atoms with Gasteiger partial charge in [0.25, 0.3) is 0 Å². The molecule has 1 fully saturated rings. The molecule has 1 aliphatic rings. The van der Waals surface area contributed by atoms with Crippen molar-refractivity contribution < 1.29 is 4.79 Å². The molecule has 1 N–H and O–H groups in total. The first kappa shape index (κ1) is 11.2. The lowest BCUT2D eigenvalue weighted by molar-refractivity contribution is 0.459. The molecule has 1 saturated carbocycles. The summed E-state index contributed by atoms with van der Waals surface area (Å²) in [6.45, 7) is 2.01. The molecule has 92 valence electrons. The predicted octanol–water partition coefficient (Wildman–Crippen LogP) is 2.98. The summed E-state index contributed by atoms with van der Waals surface area (Å²) in [5.41, 5.74) is 2.72. The second kappa shape index (κ2) is 4.07. The minimum absolute atomic E-state index is 0.379. The molecule has 1 aromatic carbocycles. The highest BCUT2D eigenvalue weighted by Crippen LogP contribution is 2.44. The topological polar surface area (TPSA) is 58.1 Å². The Kier molecular flexibility index (Phi) is 2.53. The Hall–Kier alpha value is -1.93. The van der Waals surface area contributed by atoms with Gasteiger partial charge in [-0.05, 0) is 31.4 Å². The number of aryl methyl sites for hydroxylation is 1.